The van der Waals surface area contributed by atoms with Crippen LogP contribution in [0.25, 0.3) is 0 Å². The Morgan fingerprint density at radius 1 is 1.27 bits per heavy atom. The van der Waals surface area contributed by atoms with Gasteiger partial charge >= 0.3 is 6.18 Å². The van der Waals surface area contributed by atoms with E-state index in [9.17, 15) is 13.2 Å². The first kappa shape index (κ1) is 12.8. The molecule has 0 heterocycles. The zero-order chi connectivity index (χ0) is 11.4. The van der Waals surface area contributed by atoms with Gasteiger partial charge in [0, 0.05) is 12.0 Å². The van der Waals surface area contributed by atoms with E-state index in [1.54, 1.807) is 0 Å². The summed E-state index contributed by atoms with van der Waals surface area (Å²) in [5.74, 6) is 0. The molecule has 0 atom stereocenters. The zero-order valence-electron chi connectivity index (χ0n) is 8.99. The molecule has 15 heavy (non-hydrogen) atoms. The Balaban J connectivity index is 2.32. The van der Waals surface area contributed by atoms with Gasteiger partial charge in [0.15, 0.2) is 0 Å². The summed E-state index contributed by atoms with van der Waals surface area (Å²) in [5, 5.41) is 3.04. The second-order valence-corrected chi connectivity index (χ2v) is 4.35. The molecule has 90 valence electrons. The van der Waals surface area contributed by atoms with Gasteiger partial charge in [-0.1, -0.05) is 12.8 Å². The van der Waals surface area contributed by atoms with Gasteiger partial charge in [0.1, 0.15) is 6.61 Å². The largest absolute Gasteiger partial charge is 0.411 e. The first-order chi connectivity index (χ1) is 6.97. The Hall–Kier alpha value is -0.290. The topological polar surface area (TPSA) is 21.3 Å². The molecule has 1 N–H and O–H groups in total. The van der Waals surface area contributed by atoms with Crippen LogP contribution in [0.2, 0.25) is 0 Å². The molecule has 0 bridgehead atoms. The third-order valence-corrected chi connectivity index (χ3v) is 2.89. The van der Waals surface area contributed by atoms with Crippen molar-refractivity contribution in [2.24, 2.45) is 5.41 Å². The van der Waals surface area contributed by atoms with E-state index >= 15 is 0 Å². The van der Waals surface area contributed by atoms with Crippen LogP contribution < -0.4 is 5.32 Å². The van der Waals surface area contributed by atoms with E-state index in [-0.39, 0.29) is 12.0 Å². The summed E-state index contributed by atoms with van der Waals surface area (Å²) in [7, 11) is 1.82. The summed E-state index contributed by atoms with van der Waals surface area (Å²) in [6, 6.07) is 0. The molecule has 0 spiro atoms. The van der Waals surface area contributed by atoms with Crippen molar-refractivity contribution in [2.75, 3.05) is 26.8 Å². The van der Waals surface area contributed by atoms with Crippen LogP contribution in [0.15, 0.2) is 0 Å². The fourth-order valence-corrected chi connectivity index (χ4v) is 2.26. The highest BCUT2D eigenvalue weighted by Crippen LogP contribution is 2.38. The molecule has 1 saturated carbocycles. The molecule has 1 rings (SSSR count). The summed E-state index contributed by atoms with van der Waals surface area (Å²) < 4.78 is 40.5. The second kappa shape index (κ2) is 5.16. The first-order valence-electron chi connectivity index (χ1n) is 5.27. The van der Waals surface area contributed by atoms with Crippen molar-refractivity contribution in [2.45, 2.75) is 31.9 Å². The lowest BCUT2D eigenvalue weighted by Gasteiger charge is -2.28. The fraction of sp³-hybridized carbons (Fsp3) is 1.00. The molecule has 0 aromatic carbocycles. The Kier molecular flexibility index (Phi) is 4.40. The van der Waals surface area contributed by atoms with E-state index in [1.165, 1.54) is 0 Å². The van der Waals surface area contributed by atoms with E-state index in [4.69, 9.17) is 4.74 Å². The van der Waals surface area contributed by atoms with Gasteiger partial charge in [-0.15, -0.1) is 0 Å². The lowest BCUT2D eigenvalue weighted by atomic mass is 9.87. The minimum absolute atomic E-state index is 0.0694. The molecule has 0 aromatic rings. The number of halogens is 3. The molecule has 0 aromatic heterocycles. The van der Waals surface area contributed by atoms with Gasteiger partial charge in [-0.2, -0.15) is 13.2 Å². The van der Waals surface area contributed by atoms with Crippen LogP contribution in [-0.2, 0) is 4.74 Å². The van der Waals surface area contributed by atoms with Crippen LogP contribution >= 0.6 is 0 Å². The van der Waals surface area contributed by atoms with Crippen molar-refractivity contribution in [3.63, 3.8) is 0 Å². The minimum atomic E-state index is -4.21. The van der Waals surface area contributed by atoms with Crippen LogP contribution in [0.5, 0.6) is 0 Å². The number of ether oxygens (including phenoxy) is 1. The molecule has 5 heteroatoms. The molecule has 0 saturated heterocycles. The minimum Gasteiger partial charge on any atom is -0.371 e. The SMILES string of the molecule is CNCC1(COCC(F)(F)F)CCCC1. The first-order valence-corrected chi connectivity index (χ1v) is 5.27. The predicted molar refractivity (Wildman–Crippen MR) is 51.7 cm³/mol. The fourth-order valence-electron chi connectivity index (χ4n) is 2.26. The normalized spacial score (nSPS) is 20.8. The van der Waals surface area contributed by atoms with Crippen molar-refractivity contribution < 1.29 is 17.9 Å². The van der Waals surface area contributed by atoms with E-state index in [2.05, 4.69) is 5.32 Å². The van der Waals surface area contributed by atoms with Gasteiger partial charge in [0.25, 0.3) is 0 Å². The highest BCUT2D eigenvalue weighted by Gasteiger charge is 2.35. The maximum Gasteiger partial charge on any atom is 0.411 e. The van der Waals surface area contributed by atoms with E-state index in [0.29, 0.717) is 0 Å². The Labute approximate surface area is 88.2 Å². The van der Waals surface area contributed by atoms with Gasteiger partial charge < -0.3 is 10.1 Å². The van der Waals surface area contributed by atoms with Crippen molar-refractivity contribution in [3.8, 4) is 0 Å². The van der Waals surface area contributed by atoms with Gasteiger partial charge in [-0.25, -0.2) is 0 Å². The van der Waals surface area contributed by atoms with Gasteiger partial charge in [-0.05, 0) is 19.9 Å². The quantitative estimate of drug-likeness (QED) is 0.775. The maximum absolute atomic E-state index is 11.9. The molecule has 2 nitrogen and oxygen atoms in total. The third kappa shape index (κ3) is 4.38. The predicted octanol–water partition coefficient (Wildman–Crippen LogP) is 2.35. The molecular weight excluding hydrogens is 207 g/mol. The van der Waals surface area contributed by atoms with E-state index < -0.39 is 12.8 Å². The van der Waals surface area contributed by atoms with Crippen LogP contribution in [0, 0.1) is 5.41 Å². The second-order valence-electron chi connectivity index (χ2n) is 4.35. The number of hydrogen-bond donors (Lipinski definition) is 1. The van der Waals surface area contributed by atoms with Crippen LogP contribution in [0.1, 0.15) is 25.7 Å². The smallest absolute Gasteiger partial charge is 0.371 e. The highest BCUT2D eigenvalue weighted by molar-refractivity contribution is 4.86. The monoisotopic (exact) mass is 225 g/mol. The van der Waals surface area contributed by atoms with E-state index in [0.717, 1.165) is 32.2 Å². The molecule has 1 aliphatic carbocycles. The van der Waals surface area contributed by atoms with Crippen LogP contribution in [-0.4, -0.2) is 33.0 Å². The average molecular weight is 225 g/mol. The molecule has 1 aliphatic rings. The van der Waals surface area contributed by atoms with Crippen LogP contribution in [0.3, 0.4) is 0 Å². The molecule has 0 unspecified atom stereocenters. The zero-order valence-corrected chi connectivity index (χ0v) is 8.99. The van der Waals surface area contributed by atoms with Crippen molar-refractivity contribution in [3.05, 3.63) is 0 Å². The van der Waals surface area contributed by atoms with Gasteiger partial charge in [-0.3, -0.25) is 0 Å². The average Bonchev–Trinajstić information content (AvgIpc) is 2.52. The highest BCUT2D eigenvalue weighted by atomic mass is 19.4. The number of nitrogens with one attached hydrogen (secondary N) is 1. The summed E-state index contributed by atoms with van der Waals surface area (Å²) in [6.07, 6.45) is -0.0923. The Morgan fingerprint density at radius 3 is 2.33 bits per heavy atom. The molecule has 1 fully saturated rings. The lowest BCUT2D eigenvalue weighted by molar-refractivity contribution is -0.180. The lowest BCUT2D eigenvalue weighted by Crippen LogP contribution is -2.35. The van der Waals surface area contributed by atoms with Crippen molar-refractivity contribution in [1.82, 2.24) is 5.32 Å². The molecule has 0 radical (unpaired) electrons. The Morgan fingerprint density at radius 2 is 1.87 bits per heavy atom. The van der Waals surface area contributed by atoms with Crippen molar-refractivity contribution >= 4 is 0 Å². The summed E-state index contributed by atoms with van der Waals surface area (Å²) in [4.78, 5) is 0. The van der Waals surface area contributed by atoms with Gasteiger partial charge in [0.2, 0.25) is 0 Å². The standard InChI is InChI=1S/C10H18F3NO/c1-14-6-9(4-2-3-5-9)7-15-8-10(11,12)13/h14H,2-8H2,1H3. The summed E-state index contributed by atoms with van der Waals surface area (Å²) in [5.41, 5.74) is -0.0694. The summed E-state index contributed by atoms with van der Waals surface area (Å²) >= 11 is 0. The third-order valence-electron chi connectivity index (χ3n) is 2.89. The summed E-state index contributed by atoms with van der Waals surface area (Å²) in [6.45, 7) is -0.170. The number of hydrogen-bond acceptors (Lipinski definition) is 2. The maximum atomic E-state index is 11.9. The molecule has 0 amide bonds. The Bertz CT molecular complexity index is 188. The molecular formula is C10H18F3NO. The van der Waals surface area contributed by atoms with E-state index in [1.807, 2.05) is 7.05 Å². The van der Waals surface area contributed by atoms with Crippen molar-refractivity contribution in [1.29, 1.82) is 0 Å². The molecule has 0 aliphatic heterocycles. The number of rotatable bonds is 5. The number of alkyl halides is 3. The van der Waals surface area contributed by atoms with Crippen LogP contribution in [0.4, 0.5) is 13.2 Å². The van der Waals surface area contributed by atoms with Gasteiger partial charge in [0.05, 0.1) is 6.61 Å².